The minimum absolute atomic E-state index is 0.252. The fourth-order valence-corrected chi connectivity index (χ4v) is 2.28. The molecule has 4 heteroatoms. The summed E-state index contributed by atoms with van der Waals surface area (Å²) in [7, 11) is 0. The van der Waals surface area contributed by atoms with Crippen LogP contribution in [0.15, 0.2) is 18.2 Å². The van der Waals surface area contributed by atoms with Crippen molar-refractivity contribution in [3.05, 3.63) is 34.9 Å². The molecule has 1 aromatic carbocycles. The van der Waals surface area contributed by atoms with Gasteiger partial charge in [0, 0.05) is 24.1 Å². The second kappa shape index (κ2) is 6.57. The van der Waals surface area contributed by atoms with Gasteiger partial charge in [-0.3, -0.25) is 4.79 Å². The van der Waals surface area contributed by atoms with E-state index in [9.17, 15) is 9.59 Å². The first-order valence-electron chi connectivity index (χ1n) is 7.61. The number of ether oxygens (including phenoxy) is 1. The van der Waals surface area contributed by atoms with Crippen LogP contribution in [0.1, 0.15) is 65.2 Å². The fraction of sp³-hybridized carbons (Fsp3) is 0.474. The van der Waals surface area contributed by atoms with Crippen molar-refractivity contribution in [2.75, 3.05) is 0 Å². The molecule has 0 spiro atoms. The molecule has 23 heavy (non-hydrogen) atoms. The zero-order chi connectivity index (χ0) is 18.0. The van der Waals surface area contributed by atoms with Crippen molar-refractivity contribution in [3.63, 3.8) is 0 Å². The minimum Gasteiger partial charge on any atom is -0.478 e. The van der Waals surface area contributed by atoms with E-state index < -0.39 is 5.97 Å². The van der Waals surface area contributed by atoms with Crippen molar-refractivity contribution < 1.29 is 19.4 Å². The van der Waals surface area contributed by atoms with Crippen molar-refractivity contribution >= 4 is 18.0 Å². The van der Waals surface area contributed by atoms with E-state index in [1.54, 1.807) is 6.08 Å². The normalized spacial score (nSPS) is 12.5. The number of esters is 1. The van der Waals surface area contributed by atoms with Gasteiger partial charge in [0.1, 0.15) is 5.75 Å². The molecule has 1 aromatic rings. The summed E-state index contributed by atoms with van der Waals surface area (Å²) in [6.45, 7) is 13.6. The van der Waals surface area contributed by atoms with Gasteiger partial charge in [-0.05, 0) is 34.6 Å². The van der Waals surface area contributed by atoms with Crippen molar-refractivity contribution in [2.24, 2.45) is 0 Å². The van der Waals surface area contributed by atoms with E-state index in [0.717, 1.165) is 22.8 Å². The third-order valence-electron chi connectivity index (χ3n) is 3.39. The smallest absolute Gasteiger partial charge is 0.328 e. The van der Waals surface area contributed by atoms with E-state index >= 15 is 0 Å². The number of aliphatic carboxylic acids is 1. The van der Waals surface area contributed by atoms with Gasteiger partial charge in [0.05, 0.1) is 0 Å². The van der Waals surface area contributed by atoms with E-state index in [-0.39, 0.29) is 16.8 Å². The molecular weight excluding hydrogens is 292 g/mol. The molecule has 0 aliphatic carbocycles. The summed E-state index contributed by atoms with van der Waals surface area (Å²) >= 11 is 0. The molecule has 0 saturated heterocycles. The summed E-state index contributed by atoms with van der Waals surface area (Å²) in [6.07, 6.45) is 2.67. The largest absolute Gasteiger partial charge is 0.478 e. The monoisotopic (exact) mass is 318 g/mol. The fourth-order valence-electron chi connectivity index (χ4n) is 2.28. The van der Waals surface area contributed by atoms with E-state index in [2.05, 4.69) is 0 Å². The molecule has 4 nitrogen and oxygen atoms in total. The van der Waals surface area contributed by atoms with Crippen LogP contribution in [0.4, 0.5) is 0 Å². The molecule has 0 aliphatic heterocycles. The van der Waals surface area contributed by atoms with Gasteiger partial charge in [-0.1, -0.05) is 41.5 Å². The highest BCUT2D eigenvalue weighted by Crippen LogP contribution is 2.41. The second-order valence-corrected chi connectivity index (χ2v) is 7.71. The number of hydrogen-bond acceptors (Lipinski definition) is 3. The molecule has 0 bridgehead atoms. The summed E-state index contributed by atoms with van der Waals surface area (Å²) in [5.41, 5.74) is 2.03. The van der Waals surface area contributed by atoms with Crippen LogP contribution < -0.4 is 4.74 Å². The molecule has 0 fully saturated rings. The lowest BCUT2D eigenvalue weighted by molar-refractivity contribution is -0.132. The Morgan fingerprint density at radius 1 is 1.00 bits per heavy atom. The number of carbonyl (C=O) groups is 2. The molecule has 0 atom stereocenters. The highest BCUT2D eigenvalue weighted by Gasteiger charge is 2.28. The predicted octanol–water partition coefficient (Wildman–Crippen LogP) is 4.30. The topological polar surface area (TPSA) is 63.6 Å². The highest BCUT2D eigenvalue weighted by atomic mass is 16.5. The predicted molar refractivity (Wildman–Crippen MR) is 91.8 cm³/mol. The number of carbonyl (C=O) groups excluding carboxylic acids is 1. The number of carboxylic acids is 1. The van der Waals surface area contributed by atoms with Crippen LogP contribution in [0.25, 0.3) is 6.08 Å². The lowest BCUT2D eigenvalue weighted by atomic mass is 9.78. The van der Waals surface area contributed by atoms with E-state index in [4.69, 9.17) is 9.84 Å². The van der Waals surface area contributed by atoms with Gasteiger partial charge in [0.25, 0.3) is 0 Å². The van der Waals surface area contributed by atoms with E-state index in [0.29, 0.717) is 5.75 Å². The molecule has 1 N–H and O–H groups in total. The molecule has 126 valence electrons. The minimum atomic E-state index is -0.997. The van der Waals surface area contributed by atoms with Crippen molar-refractivity contribution in [1.82, 2.24) is 0 Å². The van der Waals surface area contributed by atoms with Crippen LogP contribution >= 0.6 is 0 Å². The third-order valence-corrected chi connectivity index (χ3v) is 3.39. The zero-order valence-corrected chi connectivity index (χ0v) is 15.0. The quantitative estimate of drug-likeness (QED) is 0.512. The number of benzene rings is 1. The van der Waals surface area contributed by atoms with Crippen LogP contribution in [0.2, 0.25) is 0 Å². The molecule has 0 unspecified atom stereocenters. The SMILES string of the molecule is CC(=O)Oc1c(C(C)(C)C)cc(/C=C/C(=O)O)cc1C(C)(C)C. The van der Waals surface area contributed by atoms with Gasteiger partial charge in [0.15, 0.2) is 0 Å². The molecule has 0 heterocycles. The first kappa shape index (κ1) is 18.9. The molecule has 0 aliphatic rings. The van der Waals surface area contributed by atoms with Crippen molar-refractivity contribution in [3.8, 4) is 5.75 Å². The van der Waals surface area contributed by atoms with Crippen LogP contribution in [0.5, 0.6) is 5.75 Å². The highest BCUT2D eigenvalue weighted by molar-refractivity contribution is 5.85. The number of hydrogen-bond donors (Lipinski definition) is 1. The van der Waals surface area contributed by atoms with Gasteiger partial charge < -0.3 is 9.84 Å². The first-order valence-corrected chi connectivity index (χ1v) is 7.61. The molecular formula is C19H26O4. The Hall–Kier alpha value is -2.10. The molecule has 0 radical (unpaired) electrons. The van der Waals surface area contributed by atoms with Gasteiger partial charge in [-0.2, -0.15) is 0 Å². The Labute approximate surface area is 138 Å². The number of rotatable bonds is 3. The summed E-state index contributed by atoms with van der Waals surface area (Å²) in [5, 5.41) is 8.85. The summed E-state index contributed by atoms with van der Waals surface area (Å²) < 4.78 is 5.53. The van der Waals surface area contributed by atoms with Gasteiger partial charge in [-0.25, -0.2) is 4.79 Å². The maximum atomic E-state index is 11.6. The van der Waals surface area contributed by atoms with E-state index in [1.807, 2.05) is 53.7 Å². The van der Waals surface area contributed by atoms with Crippen LogP contribution in [0.3, 0.4) is 0 Å². The molecule has 0 saturated carbocycles. The number of carboxylic acid groups (broad SMARTS) is 1. The summed E-state index contributed by atoms with van der Waals surface area (Å²) in [5.74, 6) is -0.788. The average molecular weight is 318 g/mol. The van der Waals surface area contributed by atoms with Crippen molar-refractivity contribution in [1.29, 1.82) is 0 Å². The van der Waals surface area contributed by atoms with Gasteiger partial charge in [-0.15, -0.1) is 0 Å². The van der Waals surface area contributed by atoms with Crippen LogP contribution in [0, 0.1) is 0 Å². The Bertz CT molecular complexity index is 605. The lowest BCUT2D eigenvalue weighted by Crippen LogP contribution is -2.21. The van der Waals surface area contributed by atoms with Crippen molar-refractivity contribution in [2.45, 2.75) is 59.3 Å². The molecule has 1 rings (SSSR count). The van der Waals surface area contributed by atoms with Gasteiger partial charge in [0.2, 0.25) is 0 Å². The standard InChI is InChI=1S/C19H26O4/c1-12(20)23-17-14(18(2,3)4)10-13(8-9-16(21)22)11-15(17)19(5,6)7/h8-11H,1-7H3,(H,21,22)/b9-8+. The van der Waals surface area contributed by atoms with Gasteiger partial charge >= 0.3 is 11.9 Å². The van der Waals surface area contributed by atoms with E-state index in [1.165, 1.54) is 6.92 Å². The first-order chi connectivity index (χ1) is 10.3. The zero-order valence-electron chi connectivity index (χ0n) is 15.0. The Balaban J connectivity index is 3.71. The summed E-state index contributed by atoms with van der Waals surface area (Å²) in [6, 6.07) is 3.76. The maximum Gasteiger partial charge on any atom is 0.328 e. The lowest BCUT2D eigenvalue weighted by Gasteiger charge is -2.29. The Kier molecular flexibility index (Phi) is 5.41. The Morgan fingerprint density at radius 3 is 1.74 bits per heavy atom. The summed E-state index contributed by atoms with van der Waals surface area (Å²) in [4.78, 5) is 22.4. The molecule has 0 amide bonds. The third kappa shape index (κ3) is 5.23. The average Bonchev–Trinajstić information content (AvgIpc) is 2.33. The Morgan fingerprint density at radius 2 is 1.43 bits per heavy atom. The maximum absolute atomic E-state index is 11.6. The second-order valence-electron chi connectivity index (χ2n) is 7.71. The van der Waals surface area contributed by atoms with Crippen LogP contribution in [-0.4, -0.2) is 17.0 Å². The van der Waals surface area contributed by atoms with Crippen LogP contribution in [-0.2, 0) is 20.4 Å². The molecule has 0 aromatic heterocycles.